The topological polar surface area (TPSA) is 64.7 Å². The average Bonchev–Trinajstić information content (AvgIpc) is 2.16. The molecule has 1 rings (SSSR count). The molecule has 0 amide bonds. The van der Waals surface area contributed by atoms with Crippen LogP contribution in [0.3, 0.4) is 0 Å². The smallest absolute Gasteiger partial charge is 0.157 e. The van der Waals surface area contributed by atoms with E-state index in [2.05, 4.69) is 0 Å². The predicted molar refractivity (Wildman–Crippen MR) is 44.6 cm³/mol. The molecule has 0 aromatic heterocycles. The van der Waals surface area contributed by atoms with Crippen molar-refractivity contribution in [1.82, 2.24) is 0 Å². The maximum atomic E-state index is 8.62. The van der Waals surface area contributed by atoms with Gasteiger partial charge in [-0.1, -0.05) is 0 Å². The Morgan fingerprint density at radius 3 is 3.00 bits per heavy atom. The first kappa shape index (κ1) is 9.92. The number of ether oxygens (including phenoxy) is 2. The average molecular weight is 175 g/mol. The maximum Gasteiger partial charge on any atom is 0.157 e. The molecule has 1 aliphatic heterocycles. The number of aliphatic hydroxyl groups is 1. The maximum absolute atomic E-state index is 8.62. The van der Waals surface area contributed by atoms with E-state index in [1.165, 1.54) is 0 Å². The van der Waals surface area contributed by atoms with Crippen molar-refractivity contribution in [3.05, 3.63) is 0 Å². The van der Waals surface area contributed by atoms with E-state index >= 15 is 0 Å². The fraction of sp³-hybridized carbons (Fsp3) is 1.00. The summed E-state index contributed by atoms with van der Waals surface area (Å²) in [5, 5.41) is 8.62. The van der Waals surface area contributed by atoms with Crippen LogP contribution in [0.2, 0.25) is 0 Å². The van der Waals surface area contributed by atoms with Crippen molar-refractivity contribution in [3.63, 3.8) is 0 Å². The van der Waals surface area contributed by atoms with Crippen molar-refractivity contribution in [3.8, 4) is 0 Å². The summed E-state index contributed by atoms with van der Waals surface area (Å²) in [6.45, 7) is 1.12. The SMILES string of the molecule is N[C@H](CO)COC1CCCCO1. The molecule has 12 heavy (non-hydrogen) atoms. The third-order valence-electron chi connectivity index (χ3n) is 1.87. The molecule has 4 nitrogen and oxygen atoms in total. The fourth-order valence-corrected chi connectivity index (χ4v) is 1.13. The van der Waals surface area contributed by atoms with Crippen LogP contribution < -0.4 is 5.73 Å². The minimum atomic E-state index is -0.282. The van der Waals surface area contributed by atoms with Crippen LogP contribution in [0.4, 0.5) is 0 Å². The summed E-state index contributed by atoms with van der Waals surface area (Å²) in [6, 6.07) is -0.282. The molecule has 1 heterocycles. The highest BCUT2D eigenvalue weighted by atomic mass is 16.7. The molecular formula is C8H17NO3. The molecular weight excluding hydrogens is 158 g/mol. The number of aliphatic hydroxyl groups excluding tert-OH is 1. The molecule has 0 bridgehead atoms. The molecule has 1 fully saturated rings. The van der Waals surface area contributed by atoms with Gasteiger partial charge in [0.25, 0.3) is 0 Å². The molecule has 1 unspecified atom stereocenters. The first-order chi connectivity index (χ1) is 5.83. The Morgan fingerprint density at radius 1 is 1.58 bits per heavy atom. The van der Waals surface area contributed by atoms with E-state index in [0.717, 1.165) is 25.9 Å². The summed E-state index contributed by atoms with van der Waals surface area (Å²) in [4.78, 5) is 0. The Morgan fingerprint density at radius 2 is 2.42 bits per heavy atom. The van der Waals surface area contributed by atoms with Gasteiger partial charge in [0, 0.05) is 6.61 Å². The van der Waals surface area contributed by atoms with Gasteiger partial charge in [0.1, 0.15) is 0 Å². The third-order valence-corrected chi connectivity index (χ3v) is 1.87. The van der Waals surface area contributed by atoms with E-state index in [-0.39, 0.29) is 18.9 Å². The molecule has 0 saturated carbocycles. The normalized spacial score (nSPS) is 27.0. The Bertz CT molecular complexity index is 115. The quantitative estimate of drug-likeness (QED) is 0.623. The summed E-state index contributed by atoms with van der Waals surface area (Å²) in [5.74, 6) is 0. The largest absolute Gasteiger partial charge is 0.395 e. The first-order valence-corrected chi connectivity index (χ1v) is 4.42. The van der Waals surface area contributed by atoms with Crippen LogP contribution >= 0.6 is 0 Å². The summed E-state index contributed by atoms with van der Waals surface area (Å²) in [6.07, 6.45) is 3.11. The van der Waals surface area contributed by atoms with E-state index in [1.54, 1.807) is 0 Å². The van der Waals surface area contributed by atoms with E-state index in [1.807, 2.05) is 0 Å². The Labute approximate surface area is 72.6 Å². The molecule has 0 radical (unpaired) electrons. The number of rotatable bonds is 4. The van der Waals surface area contributed by atoms with Gasteiger partial charge in [0.2, 0.25) is 0 Å². The minimum absolute atomic E-state index is 0.0350. The minimum Gasteiger partial charge on any atom is -0.395 e. The van der Waals surface area contributed by atoms with E-state index < -0.39 is 0 Å². The van der Waals surface area contributed by atoms with Crippen molar-refractivity contribution >= 4 is 0 Å². The van der Waals surface area contributed by atoms with Crippen molar-refractivity contribution < 1.29 is 14.6 Å². The molecule has 0 aromatic carbocycles. The molecule has 1 saturated heterocycles. The Balaban J connectivity index is 2.05. The zero-order chi connectivity index (χ0) is 8.81. The van der Waals surface area contributed by atoms with Gasteiger partial charge in [0.05, 0.1) is 19.3 Å². The summed E-state index contributed by atoms with van der Waals surface area (Å²) >= 11 is 0. The van der Waals surface area contributed by atoms with Gasteiger partial charge in [-0.05, 0) is 19.3 Å². The van der Waals surface area contributed by atoms with E-state index in [9.17, 15) is 0 Å². The van der Waals surface area contributed by atoms with Gasteiger partial charge in [-0.25, -0.2) is 0 Å². The fourth-order valence-electron chi connectivity index (χ4n) is 1.13. The van der Waals surface area contributed by atoms with E-state index in [4.69, 9.17) is 20.3 Å². The zero-order valence-corrected chi connectivity index (χ0v) is 7.24. The van der Waals surface area contributed by atoms with Crippen molar-refractivity contribution in [2.75, 3.05) is 19.8 Å². The standard InChI is InChI=1S/C8H17NO3/c9-7(5-10)6-12-8-3-1-2-4-11-8/h7-8,10H,1-6,9H2/t7-,8?/m1/s1. The lowest BCUT2D eigenvalue weighted by Gasteiger charge is -2.23. The van der Waals surface area contributed by atoms with Crippen LogP contribution in [0.15, 0.2) is 0 Å². The van der Waals surface area contributed by atoms with Gasteiger partial charge in [-0.3, -0.25) is 0 Å². The van der Waals surface area contributed by atoms with Gasteiger partial charge in [0.15, 0.2) is 6.29 Å². The predicted octanol–water partition coefficient (Wildman–Crippen LogP) is -0.151. The van der Waals surface area contributed by atoms with Crippen LogP contribution in [-0.2, 0) is 9.47 Å². The Kier molecular flexibility index (Phi) is 4.53. The molecule has 72 valence electrons. The first-order valence-electron chi connectivity index (χ1n) is 4.42. The second kappa shape index (κ2) is 5.48. The molecule has 1 aliphatic rings. The molecule has 2 atom stereocenters. The second-order valence-corrected chi connectivity index (χ2v) is 3.07. The summed E-state index contributed by atoms with van der Waals surface area (Å²) < 4.78 is 10.6. The van der Waals surface area contributed by atoms with Gasteiger partial charge in [-0.2, -0.15) is 0 Å². The lowest BCUT2D eigenvalue weighted by molar-refractivity contribution is -0.165. The molecule has 0 spiro atoms. The van der Waals surface area contributed by atoms with Gasteiger partial charge >= 0.3 is 0 Å². The molecule has 4 heteroatoms. The molecule has 0 aromatic rings. The second-order valence-electron chi connectivity index (χ2n) is 3.07. The number of nitrogens with two attached hydrogens (primary N) is 1. The van der Waals surface area contributed by atoms with E-state index in [0.29, 0.717) is 6.61 Å². The van der Waals surface area contributed by atoms with Gasteiger partial charge in [-0.15, -0.1) is 0 Å². The summed E-state index contributed by atoms with van der Waals surface area (Å²) in [7, 11) is 0. The van der Waals surface area contributed by atoms with Crippen LogP contribution in [0, 0.1) is 0 Å². The van der Waals surface area contributed by atoms with Crippen LogP contribution in [0.1, 0.15) is 19.3 Å². The molecule has 3 N–H and O–H groups in total. The van der Waals surface area contributed by atoms with Crippen molar-refractivity contribution in [2.24, 2.45) is 5.73 Å². The third kappa shape index (κ3) is 3.49. The summed E-state index contributed by atoms with van der Waals surface area (Å²) in [5.41, 5.74) is 5.46. The van der Waals surface area contributed by atoms with Crippen LogP contribution in [0.25, 0.3) is 0 Å². The highest BCUT2D eigenvalue weighted by Gasteiger charge is 2.14. The van der Waals surface area contributed by atoms with Crippen LogP contribution in [-0.4, -0.2) is 37.3 Å². The molecule has 0 aliphatic carbocycles. The Hall–Kier alpha value is -0.160. The van der Waals surface area contributed by atoms with Crippen LogP contribution in [0.5, 0.6) is 0 Å². The monoisotopic (exact) mass is 175 g/mol. The highest BCUT2D eigenvalue weighted by molar-refractivity contribution is 4.59. The van der Waals surface area contributed by atoms with Gasteiger partial charge < -0.3 is 20.3 Å². The zero-order valence-electron chi connectivity index (χ0n) is 7.24. The van der Waals surface area contributed by atoms with Crippen molar-refractivity contribution in [1.29, 1.82) is 0 Å². The number of hydrogen-bond acceptors (Lipinski definition) is 4. The highest BCUT2D eigenvalue weighted by Crippen LogP contribution is 2.13. The lowest BCUT2D eigenvalue weighted by atomic mass is 10.2. The van der Waals surface area contributed by atoms with Crippen molar-refractivity contribution in [2.45, 2.75) is 31.6 Å². The lowest BCUT2D eigenvalue weighted by Crippen LogP contribution is -2.34. The number of hydrogen-bond donors (Lipinski definition) is 2.